The van der Waals surface area contributed by atoms with Gasteiger partial charge in [0.2, 0.25) is 5.91 Å². The first-order valence-electron chi connectivity index (χ1n) is 6.82. The zero-order chi connectivity index (χ0) is 14.9. The third kappa shape index (κ3) is 2.28. The van der Waals surface area contributed by atoms with Gasteiger partial charge in [0.15, 0.2) is 5.65 Å². The third-order valence-electron chi connectivity index (χ3n) is 3.35. The molecule has 1 N–H and O–H groups in total. The second-order valence-electron chi connectivity index (χ2n) is 4.68. The van der Waals surface area contributed by atoms with Crippen LogP contribution in [0.25, 0.3) is 11.2 Å². The lowest BCUT2D eigenvalue weighted by Crippen LogP contribution is -2.31. The summed E-state index contributed by atoms with van der Waals surface area (Å²) < 4.78 is 3.75. The number of nitrogens with one attached hydrogen (secondary N) is 1. The van der Waals surface area contributed by atoms with Gasteiger partial charge in [0.25, 0.3) is 0 Å². The summed E-state index contributed by atoms with van der Waals surface area (Å²) in [5, 5.41) is 7.28. The quantitative estimate of drug-likeness (QED) is 0.859. The van der Waals surface area contributed by atoms with E-state index in [0.717, 1.165) is 23.4 Å². The van der Waals surface area contributed by atoms with Crippen LogP contribution in [0.3, 0.4) is 0 Å². The Morgan fingerprint density at radius 3 is 2.70 bits per heavy atom. The van der Waals surface area contributed by atoms with E-state index in [9.17, 15) is 4.79 Å². The van der Waals surface area contributed by atoms with Gasteiger partial charge in [-0.2, -0.15) is 5.10 Å². The van der Waals surface area contributed by atoms with E-state index in [0.29, 0.717) is 12.4 Å². The van der Waals surface area contributed by atoms with Crippen molar-refractivity contribution in [2.45, 2.75) is 46.2 Å². The molecule has 0 saturated heterocycles. The van der Waals surface area contributed by atoms with E-state index in [1.54, 1.807) is 0 Å². The first-order valence-corrected chi connectivity index (χ1v) is 7.36. The summed E-state index contributed by atoms with van der Waals surface area (Å²) in [6, 6.07) is -0.366. The van der Waals surface area contributed by atoms with Crippen LogP contribution in [0, 0.1) is 6.92 Å². The molecule has 2 aromatic heterocycles. The van der Waals surface area contributed by atoms with Crippen molar-refractivity contribution in [2.75, 3.05) is 6.54 Å². The van der Waals surface area contributed by atoms with Crippen LogP contribution >= 0.6 is 11.6 Å². The number of hydrogen-bond donors (Lipinski definition) is 1. The maximum Gasteiger partial charge on any atom is 0.242 e. The van der Waals surface area contributed by atoms with Gasteiger partial charge in [-0.1, -0.05) is 0 Å². The van der Waals surface area contributed by atoms with Gasteiger partial charge >= 0.3 is 0 Å². The van der Waals surface area contributed by atoms with Crippen LogP contribution in [0.1, 0.15) is 38.3 Å². The summed E-state index contributed by atoms with van der Waals surface area (Å²) in [5.74, 6) is 0.921. The zero-order valence-electron chi connectivity index (χ0n) is 12.3. The molecule has 110 valence electrons. The summed E-state index contributed by atoms with van der Waals surface area (Å²) in [7, 11) is 0. The van der Waals surface area contributed by atoms with E-state index >= 15 is 0 Å². The van der Waals surface area contributed by atoms with Gasteiger partial charge in [-0.15, -0.1) is 11.6 Å². The minimum Gasteiger partial charge on any atom is -0.355 e. The number of rotatable bonds is 5. The van der Waals surface area contributed by atoms with Crippen molar-refractivity contribution in [1.82, 2.24) is 24.6 Å². The van der Waals surface area contributed by atoms with Crippen LogP contribution in [0.5, 0.6) is 0 Å². The molecule has 2 rings (SSSR count). The lowest BCUT2D eigenvalue weighted by molar-refractivity contribution is -0.123. The normalized spacial score (nSPS) is 12.8. The summed E-state index contributed by atoms with van der Waals surface area (Å²) in [6.45, 7) is 9.01. The molecule has 1 atom stereocenters. The number of carbonyl (C=O) groups is 1. The van der Waals surface area contributed by atoms with Gasteiger partial charge in [-0.3, -0.25) is 9.36 Å². The number of fused-ring (bicyclic) bond motifs is 1. The van der Waals surface area contributed by atoms with Gasteiger partial charge in [0, 0.05) is 13.1 Å². The molecule has 2 aromatic rings. The number of aryl methyl sites for hydroxylation is 2. The molecule has 7 heteroatoms. The van der Waals surface area contributed by atoms with Crippen LogP contribution in [-0.2, 0) is 17.2 Å². The van der Waals surface area contributed by atoms with Crippen molar-refractivity contribution in [3.05, 3.63) is 11.5 Å². The monoisotopic (exact) mass is 297 g/mol. The largest absolute Gasteiger partial charge is 0.355 e. The molecule has 0 saturated carbocycles. The summed E-state index contributed by atoms with van der Waals surface area (Å²) in [4.78, 5) is 16.7. The van der Waals surface area contributed by atoms with Crippen molar-refractivity contribution >= 4 is 28.7 Å². The Hall–Kier alpha value is -1.56. The molecule has 0 aliphatic rings. The summed E-state index contributed by atoms with van der Waals surface area (Å²) in [5.41, 5.74) is 2.54. The first-order chi connectivity index (χ1) is 9.54. The van der Waals surface area contributed by atoms with Crippen LogP contribution in [-0.4, -0.2) is 31.8 Å². The van der Waals surface area contributed by atoms with Crippen molar-refractivity contribution in [3.63, 3.8) is 0 Å². The Labute approximate surface area is 123 Å². The minimum absolute atomic E-state index is 0.0420. The number of hydrogen-bond acceptors (Lipinski definition) is 3. The molecule has 2 heterocycles. The number of imidazole rings is 1. The molecule has 1 unspecified atom stereocenters. The number of likely N-dealkylation sites (N-methyl/N-ethyl adjacent to an activating group) is 1. The van der Waals surface area contributed by atoms with E-state index in [-0.39, 0.29) is 17.8 Å². The number of halogens is 1. The van der Waals surface area contributed by atoms with Crippen molar-refractivity contribution < 1.29 is 4.79 Å². The number of alkyl halides is 1. The molecule has 6 nitrogen and oxygen atoms in total. The Bertz CT molecular complexity index is 630. The molecular weight excluding hydrogens is 278 g/mol. The van der Waals surface area contributed by atoms with Crippen LogP contribution in [0.4, 0.5) is 0 Å². The van der Waals surface area contributed by atoms with Crippen LogP contribution in [0.15, 0.2) is 0 Å². The van der Waals surface area contributed by atoms with E-state index in [1.165, 1.54) is 0 Å². The highest BCUT2D eigenvalue weighted by Crippen LogP contribution is 2.25. The smallest absolute Gasteiger partial charge is 0.242 e. The Morgan fingerprint density at radius 2 is 2.15 bits per heavy atom. The van der Waals surface area contributed by atoms with Gasteiger partial charge < -0.3 is 5.32 Å². The Balaban J connectivity index is 2.62. The van der Waals surface area contributed by atoms with E-state index in [2.05, 4.69) is 15.4 Å². The SMILES string of the molecule is CCNC(=O)C(C)n1c(CCl)nc2c(C)nn(CC)c21. The molecule has 0 bridgehead atoms. The first kappa shape index (κ1) is 14.8. The molecule has 20 heavy (non-hydrogen) atoms. The van der Waals surface area contributed by atoms with E-state index in [4.69, 9.17) is 11.6 Å². The van der Waals surface area contributed by atoms with Gasteiger partial charge in [0.1, 0.15) is 17.4 Å². The predicted molar refractivity (Wildman–Crippen MR) is 78.9 cm³/mol. The summed E-state index contributed by atoms with van der Waals surface area (Å²) in [6.07, 6.45) is 0. The van der Waals surface area contributed by atoms with Crippen molar-refractivity contribution in [3.8, 4) is 0 Å². The van der Waals surface area contributed by atoms with E-state index in [1.807, 2.05) is 36.9 Å². The topological polar surface area (TPSA) is 64.7 Å². The molecule has 0 aliphatic carbocycles. The maximum atomic E-state index is 12.1. The number of carbonyl (C=O) groups excluding carboxylic acids is 1. The van der Waals surface area contributed by atoms with Crippen molar-refractivity contribution in [1.29, 1.82) is 0 Å². The van der Waals surface area contributed by atoms with Crippen LogP contribution < -0.4 is 5.32 Å². The molecule has 1 amide bonds. The zero-order valence-corrected chi connectivity index (χ0v) is 13.0. The van der Waals surface area contributed by atoms with Gasteiger partial charge in [-0.05, 0) is 27.7 Å². The van der Waals surface area contributed by atoms with Crippen LogP contribution in [0.2, 0.25) is 0 Å². The highest BCUT2D eigenvalue weighted by molar-refractivity contribution is 6.16. The Morgan fingerprint density at radius 1 is 1.45 bits per heavy atom. The maximum absolute atomic E-state index is 12.1. The predicted octanol–water partition coefficient (Wildman–Crippen LogP) is 2.00. The minimum atomic E-state index is -0.366. The number of amides is 1. The van der Waals surface area contributed by atoms with Gasteiger partial charge in [-0.25, -0.2) is 9.67 Å². The third-order valence-corrected chi connectivity index (χ3v) is 3.59. The number of aromatic nitrogens is 4. The fraction of sp³-hybridized carbons (Fsp3) is 0.615. The van der Waals surface area contributed by atoms with Crippen molar-refractivity contribution in [2.24, 2.45) is 0 Å². The lowest BCUT2D eigenvalue weighted by Gasteiger charge is -2.16. The average Bonchev–Trinajstić information content (AvgIpc) is 2.96. The molecule has 0 aromatic carbocycles. The van der Waals surface area contributed by atoms with Gasteiger partial charge in [0.05, 0.1) is 11.6 Å². The fourth-order valence-corrected chi connectivity index (χ4v) is 2.58. The second-order valence-corrected chi connectivity index (χ2v) is 4.94. The lowest BCUT2D eigenvalue weighted by atomic mass is 10.3. The highest BCUT2D eigenvalue weighted by atomic mass is 35.5. The molecule has 0 radical (unpaired) electrons. The average molecular weight is 298 g/mol. The molecule has 0 aliphatic heterocycles. The molecule has 0 fully saturated rings. The second kappa shape index (κ2) is 5.83. The summed E-state index contributed by atoms with van der Waals surface area (Å²) >= 11 is 5.99. The Kier molecular flexibility index (Phi) is 4.32. The van der Waals surface area contributed by atoms with E-state index < -0.39 is 0 Å². The standard InChI is InChI=1S/C13H20ClN5O/c1-5-15-12(20)9(4)19-10(7-14)16-11-8(3)17-18(6-2)13(11)19/h9H,5-7H2,1-4H3,(H,15,20). The fourth-order valence-electron chi connectivity index (χ4n) is 2.40. The molecular formula is C13H20ClN5O. The highest BCUT2D eigenvalue weighted by Gasteiger charge is 2.24. The molecule has 0 spiro atoms. The number of nitrogens with zero attached hydrogens (tertiary/aromatic N) is 4.